The molecule has 0 saturated heterocycles. The van der Waals surface area contributed by atoms with Crippen LogP contribution in [0.15, 0.2) is 23.8 Å². The summed E-state index contributed by atoms with van der Waals surface area (Å²) in [6.07, 6.45) is 5.23. The quantitative estimate of drug-likeness (QED) is 0.657. The van der Waals surface area contributed by atoms with Crippen molar-refractivity contribution in [1.82, 2.24) is 0 Å². The summed E-state index contributed by atoms with van der Waals surface area (Å²) in [4.78, 5) is 37.5. The Kier molecular flexibility index (Phi) is 3.94. The highest BCUT2D eigenvalue weighted by Crippen LogP contribution is 2.66. The number of carbonyl (C=O) groups is 3. The van der Waals surface area contributed by atoms with Crippen molar-refractivity contribution in [3.8, 4) is 0 Å². The van der Waals surface area contributed by atoms with Gasteiger partial charge >= 0.3 is 0 Å². The molecule has 4 aliphatic carbocycles. The largest absolute Gasteiger partial charge is 0.390 e. The number of Topliss-reactive ketones (excluding diaryl/α,β-unsaturated/α-hetero) is 2. The van der Waals surface area contributed by atoms with Crippen LogP contribution in [0.4, 0.5) is 0 Å². The number of rotatable bonds is 2. The number of allylic oxidation sites excluding steroid dienone is 4. The van der Waals surface area contributed by atoms with Gasteiger partial charge in [0.15, 0.2) is 17.2 Å². The van der Waals surface area contributed by atoms with Gasteiger partial charge in [0.25, 0.3) is 0 Å². The molecule has 0 aromatic carbocycles. The van der Waals surface area contributed by atoms with E-state index in [0.717, 1.165) is 5.57 Å². The van der Waals surface area contributed by atoms with E-state index in [2.05, 4.69) is 0 Å². The minimum Gasteiger partial charge on any atom is -0.390 e. The fourth-order valence-corrected chi connectivity index (χ4v) is 6.67. The van der Waals surface area contributed by atoms with Crippen molar-refractivity contribution in [3.63, 3.8) is 0 Å². The molecule has 3 fully saturated rings. The van der Waals surface area contributed by atoms with Crippen LogP contribution < -0.4 is 0 Å². The molecule has 0 bridgehead atoms. The Morgan fingerprint density at radius 3 is 2.67 bits per heavy atom. The molecule has 0 aliphatic heterocycles. The van der Waals surface area contributed by atoms with E-state index in [4.69, 9.17) is 0 Å². The average Bonchev–Trinajstić information content (AvgIpc) is 2.82. The van der Waals surface area contributed by atoms with Gasteiger partial charge in [-0.1, -0.05) is 25.5 Å². The molecule has 0 heterocycles. The molecule has 3 saturated carbocycles. The van der Waals surface area contributed by atoms with Crippen molar-refractivity contribution >= 4 is 17.3 Å². The van der Waals surface area contributed by atoms with Gasteiger partial charge in [-0.15, -0.1) is 0 Å². The molecule has 3 N–H and O–H groups in total. The van der Waals surface area contributed by atoms with E-state index in [9.17, 15) is 29.7 Å². The first-order valence-electron chi connectivity index (χ1n) is 9.61. The Hall–Kier alpha value is -1.63. The van der Waals surface area contributed by atoms with Crippen LogP contribution >= 0.6 is 0 Å². The van der Waals surface area contributed by atoms with Crippen LogP contribution in [0.2, 0.25) is 0 Å². The maximum absolute atomic E-state index is 13.3. The fourth-order valence-electron chi connectivity index (χ4n) is 6.67. The molecule has 0 spiro atoms. The smallest absolute Gasteiger partial charge is 0.192 e. The Morgan fingerprint density at radius 1 is 1.30 bits per heavy atom. The van der Waals surface area contributed by atoms with Crippen LogP contribution in [0.25, 0.3) is 0 Å². The molecule has 7 atom stereocenters. The fraction of sp³-hybridized carbons (Fsp3) is 0.667. The van der Waals surface area contributed by atoms with Gasteiger partial charge < -0.3 is 15.3 Å². The van der Waals surface area contributed by atoms with Crippen LogP contribution in [-0.4, -0.2) is 51.0 Å². The van der Waals surface area contributed by atoms with Crippen LogP contribution in [0.5, 0.6) is 0 Å². The third kappa shape index (κ3) is 2.15. The number of hydrogen-bond donors (Lipinski definition) is 3. The number of carbonyl (C=O) groups excluding carboxylic acids is 3. The van der Waals surface area contributed by atoms with Gasteiger partial charge in [0, 0.05) is 23.2 Å². The Balaban J connectivity index is 1.79. The second kappa shape index (κ2) is 5.69. The van der Waals surface area contributed by atoms with Gasteiger partial charge in [-0.25, -0.2) is 0 Å². The lowest BCUT2D eigenvalue weighted by Gasteiger charge is -2.56. The molecule has 6 nitrogen and oxygen atoms in total. The summed E-state index contributed by atoms with van der Waals surface area (Å²) < 4.78 is 0. The second-order valence-electron chi connectivity index (χ2n) is 9.13. The molecular formula is C21H26O6. The zero-order valence-electron chi connectivity index (χ0n) is 15.6. The lowest BCUT2D eigenvalue weighted by Crippen LogP contribution is -2.63. The van der Waals surface area contributed by atoms with E-state index in [-0.39, 0.29) is 42.2 Å². The third-order valence-electron chi connectivity index (χ3n) is 8.05. The molecule has 27 heavy (non-hydrogen) atoms. The zero-order chi connectivity index (χ0) is 19.8. The van der Waals surface area contributed by atoms with Crippen LogP contribution in [-0.2, 0) is 14.4 Å². The van der Waals surface area contributed by atoms with E-state index < -0.39 is 34.9 Å². The lowest BCUT2D eigenvalue weighted by atomic mass is 9.46. The predicted molar refractivity (Wildman–Crippen MR) is 95.4 cm³/mol. The van der Waals surface area contributed by atoms with Crippen LogP contribution in [0.3, 0.4) is 0 Å². The van der Waals surface area contributed by atoms with Gasteiger partial charge in [0.05, 0.1) is 6.10 Å². The summed E-state index contributed by atoms with van der Waals surface area (Å²) in [6, 6.07) is 0. The van der Waals surface area contributed by atoms with Crippen molar-refractivity contribution in [3.05, 3.63) is 23.8 Å². The van der Waals surface area contributed by atoms with E-state index >= 15 is 0 Å². The summed E-state index contributed by atoms with van der Waals surface area (Å²) in [5.74, 6) is -1.57. The monoisotopic (exact) mass is 374 g/mol. The molecule has 4 aliphatic rings. The van der Waals surface area contributed by atoms with Crippen molar-refractivity contribution in [1.29, 1.82) is 0 Å². The highest BCUT2D eigenvalue weighted by atomic mass is 16.4. The maximum Gasteiger partial charge on any atom is 0.192 e. The first-order chi connectivity index (χ1) is 12.6. The van der Waals surface area contributed by atoms with Gasteiger partial charge in [-0.2, -0.15) is 0 Å². The standard InChI is InChI=1S/C21H26O6/c1-19-6-5-12(23)7-11(19)3-4-13-14-8-16(25)21(27,17(26)10-22)20(14,2)9-15(24)18(13)19/h5-7,13-14,16,18,22,25,27H,3-4,8-10H2,1-2H3. The third-order valence-corrected chi connectivity index (χ3v) is 8.05. The molecule has 0 radical (unpaired) electrons. The first kappa shape index (κ1) is 18.7. The first-order valence-corrected chi connectivity index (χ1v) is 9.61. The summed E-state index contributed by atoms with van der Waals surface area (Å²) in [5.41, 5.74) is -2.78. The SMILES string of the molecule is CC12C=CC(=O)C=C1CCC1C2C(=O)CC2(C)C1CC(O)C2(O)C(=O)CO. The van der Waals surface area contributed by atoms with Gasteiger partial charge in [-0.05, 0) is 43.3 Å². The van der Waals surface area contributed by atoms with E-state index in [1.54, 1.807) is 13.0 Å². The summed E-state index contributed by atoms with van der Waals surface area (Å²) in [6.45, 7) is 2.81. The predicted octanol–water partition coefficient (Wildman–Crippen LogP) is 0.737. The molecule has 0 aromatic rings. The number of hydrogen-bond acceptors (Lipinski definition) is 6. The summed E-state index contributed by atoms with van der Waals surface area (Å²) >= 11 is 0. The Morgan fingerprint density at radius 2 is 2.00 bits per heavy atom. The minimum absolute atomic E-state index is 0.0250. The number of ketones is 3. The topological polar surface area (TPSA) is 112 Å². The summed E-state index contributed by atoms with van der Waals surface area (Å²) in [5, 5.41) is 31.1. The molecule has 0 aromatic heterocycles. The van der Waals surface area contributed by atoms with Crippen molar-refractivity contribution in [2.75, 3.05) is 6.61 Å². The molecule has 0 amide bonds. The zero-order valence-corrected chi connectivity index (χ0v) is 15.6. The van der Waals surface area contributed by atoms with Crippen molar-refractivity contribution in [2.45, 2.75) is 51.2 Å². The maximum atomic E-state index is 13.3. The molecule has 4 rings (SSSR count). The Bertz CT molecular complexity index is 796. The second-order valence-corrected chi connectivity index (χ2v) is 9.13. The molecule has 6 heteroatoms. The number of aliphatic hydroxyl groups is 3. The van der Waals surface area contributed by atoms with Crippen molar-refractivity contribution in [2.24, 2.45) is 28.6 Å². The highest BCUT2D eigenvalue weighted by Gasteiger charge is 2.71. The molecule has 146 valence electrons. The van der Waals surface area contributed by atoms with Gasteiger partial charge in [-0.3, -0.25) is 14.4 Å². The lowest BCUT2D eigenvalue weighted by molar-refractivity contribution is -0.179. The van der Waals surface area contributed by atoms with Gasteiger partial charge in [0.2, 0.25) is 0 Å². The van der Waals surface area contributed by atoms with Crippen LogP contribution in [0, 0.1) is 28.6 Å². The number of fused-ring (bicyclic) bond motifs is 5. The normalized spacial score (nSPS) is 48.6. The van der Waals surface area contributed by atoms with Crippen molar-refractivity contribution < 1.29 is 29.7 Å². The molecule has 7 unspecified atom stereocenters. The van der Waals surface area contributed by atoms with E-state index in [0.29, 0.717) is 12.8 Å². The minimum atomic E-state index is -2.11. The van der Waals surface area contributed by atoms with E-state index in [1.165, 1.54) is 6.08 Å². The van der Waals surface area contributed by atoms with E-state index in [1.807, 2.05) is 13.0 Å². The Labute approximate surface area is 158 Å². The highest BCUT2D eigenvalue weighted by molar-refractivity contribution is 6.02. The number of aliphatic hydroxyl groups excluding tert-OH is 2. The summed E-state index contributed by atoms with van der Waals surface area (Å²) in [7, 11) is 0. The molecular weight excluding hydrogens is 348 g/mol. The van der Waals surface area contributed by atoms with Gasteiger partial charge in [0.1, 0.15) is 12.4 Å². The van der Waals surface area contributed by atoms with Crippen LogP contribution in [0.1, 0.15) is 39.5 Å². The average molecular weight is 374 g/mol.